The van der Waals surface area contributed by atoms with E-state index in [1.54, 1.807) is 0 Å². The molecule has 2 aromatic rings. The number of anilines is 3. The zero-order chi connectivity index (χ0) is 20.9. The number of aryl methyl sites for hydroxylation is 2. The molecule has 2 aliphatic heterocycles. The minimum absolute atomic E-state index is 0.0385. The lowest BCUT2D eigenvalue weighted by atomic mass is 10.1. The topological polar surface area (TPSA) is 73.8 Å². The molecule has 4 rings (SSSR count). The Bertz CT molecular complexity index is 876. The maximum atomic E-state index is 12.7. The summed E-state index contributed by atoms with van der Waals surface area (Å²) in [7, 11) is 0. The molecule has 2 saturated heterocycles. The van der Waals surface area contributed by atoms with Crippen molar-refractivity contribution in [2.45, 2.75) is 20.3 Å². The van der Waals surface area contributed by atoms with E-state index < -0.39 is 0 Å². The van der Waals surface area contributed by atoms with Crippen molar-refractivity contribution >= 4 is 23.4 Å². The first-order valence-corrected chi connectivity index (χ1v) is 10.7. The zero-order valence-corrected chi connectivity index (χ0v) is 17.8. The molecule has 1 aromatic carbocycles. The molecule has 0 spiro atoms. The number of ether oxygens (including phenoxy) is 1. The van der Waals surface area contributed by atoms with Gasteiger partial charge in [0.15, 0.2) is 0 Å². The van der Waals surface area contributed by atoms with E-state index in [1.165, 1.54) is 0 Å². The third-order valence-electron chi connectivity index (χ3n) is 5.68. The summed E-state index contributed by atoms with van der Waals surface area (Å²) in [6.45, 7) is 10.0. The van der Waals surface area contributed by atoms with Crippen molar-refractivity contribution in [3.63, 3.8) is 0 Å². The molecule has 2 fully saturated rings. The van der Waals surface area contributed by atoms with Crippen LogP contribution >= 0.6 is 0 Å². The number of carbonyl (C=O) groups is 1. The van der Waals surface area contributed by atoms with E-state index in [1.807, 2.05) is 30.0 Å². The second-order valence-corrected chi connectivity index (χ2v) is 7.65. The Hall–Kier alpha value is -2.87. The van der Waals surface area contributed by atoms with Crippen molar-refractivity contribution in [1.82, 2.24) is 14.9 Å². The second kappa shape index (κ2) is 9.30. The van der Waals surface area contributed by atoms with E-state index in [4.69, 9.17) is 4.74 Å². The third kappa shape index (κ3) is 4.64. The van der Waals surface area contributed by atoms with Crippen LogP contribution in [0.25, 0.3) is 0 Å². The molecule has 1 aromatic heterocycles. The highest BCUT2D eigenvalue weighted by atomic mass is 16.5. The third-order valence-corrected chi connectivity index (χ3v) is 5.68. The van der Waals surface area contributed by atoms with Gasteiger partial charge in [-0.1, -0.05) is 25.1 Å². The lowest BCUT2D eigenvalue weighted by Crippen LogP contribution is -2.50. The van der Waals surface area contributed by atoms with E-state index in [2.05, 4.69) is 44.1 Å². The van der Waals surface area contributed by atoms with Crippen LogP contribution in [0.3, 0.4) is 0 Å². The summed E-state index contributed by atoms with van der Waals surface area (Å²) in [5, 5.41) is 3.07. The van der Waals surface area contributed by atoms with Crippen molar-refractivity contribution in [2.75, 3.05) is 67.6 Å². The number of rotatable bonds is 4. The molecular formula is C22H30N6O2. The largest absolute Gasteiger partial charge is 0.378 e. The highest BCUT2D eigenvalue weighted by Gasteiger charge is 2.24. The fourth-order valence-corrected chi connectivity index (χ4v) is 3.94. The summed E-state index contributed by atoms with van der Waals surface area (Å²) in [5.41, 5.74) is 2.05. The quantitative estimate of drug-likeness (QED) is 0.835. The summed E-state index contributed by atoms with van der Waals surface area (Å²) < 4.78 is 5.45. The number of nitrogens with zero attached hydrogens (tertiary/aromatic N) is 5. The van der Waals surface area contributed by atoms with Gasteiger partial charge in [0.25, 0.3) is 0 Å². The lowest BCUT2D eigenvalue weighted by molar-refractivity contribution is 0.122. The Morgan fingerprint density at radius 2 is 1.63 bits per heavy atom. The van der Waals surface area contributed by atoms with Crippen LogP contribution in [-0.2, 0) is 11.2 Å². The van der Waals surface area contributed by atoms with Gasteiger partial charge in [-0.05, 0) is 25.0 Å². The number of urea groups is 1. The number of piperazine rings is 1. The standard InChI is InChI=1S/C22H30N6O2/c1-3-18-6-4-5-7-19(18)25-22(29)28-10-8-26(9-11-28)20-16-21(24-17(2)23-20)27-12-14-30-15-13-27/h4-7,16H,3,8-15H2,1-2H3,(H,25,29). The van der Waals surface area contributed by atoms with Gasteiger partial charge in [-0.15, -0.1) is 0 Å². The molecule has 0 radical (unpaired) electrons. The Labute approximate surface area is 177 Å². The Morgan fingerprint density at radius 1 is 1.00 bits per heavy atom. The fraction of sp³-hybridized carbons (Fsp3) is 0.500. The first kappa shape index (κ1) is 20.4. The number of para-hydroxylation sites is 1. The van der Waals surface area contributed by atoms with Crippen molar-refractivity contribution in [3.8, 4) is 0 Å². The molecule has 3 heterocycles. The smallest absolute Gasteiger partial charge is 0.321 e. The van der Waals surface area contributed by atoms with Gasteiger partial charge < -0.3 is 24.8 Å². The molecule has 0 saturated carbocycles. The van der Waals surface area contributed by atoms with Crippen molar-refractivity contribution in [1.29, 1.82) is 0 Å². The highest BCUT2D eigenvalue weighted by Crippen LogP contribution is 2.22. The van der Waals surface area contributed by atoms with Crippen LogP contribution in [0.1, 0.15) is 18.3 Å². The summed E-state index contributed by atoms with van der Waals surface area (Å²) in [4.78, 5) is 28.4. The number of hydrogen-bond acceptors (Lipinski definition) is 6. The van der Waals surface area contributed by atoms with Crippen LogP contribution in [0.5, 0.6) is 0 Å². The first-order chi connectivity index (χ1) is 14.6. The van der Waals surface area contributed by atoms with Crippen molar-refractivity contribution in [3.05, 3.63) is 41.7 Å². The molecule has 0 bridgehead atoms. The monoisotopic (exact) mass is 410 g/mol. The molecule has 2 aliphatic rings. The lowest BCUT2D eigenvalue weighted by Gasteiger charge is -2.36. The van der Waals surface area contributed by atoms with E-state index >= 15 is 0 Å². The molecule has 0 aliphatic carbocycles. The van der Waals surface area contributed by atoms with Crippen LogP contribution in [0.15, 0.2) is 30.3 Å². The minimum Gasteiger partial charge on any atom is -0.378 e. The van der Waals surface area contributed by atoms with E-state index in [-0.39, 0.29) is 6.03 Å². The molecule has 2 amide bonds. The number of nitrogens with one attached hydrogen (secondary N) is 1. The number of morpholine rings is 1. The van der Waals surface area contributed by atoms with Gasteiger partial charge in [0.2, 0.25) is 0 Å². The van der Waals surface area contributed by atoms with Gasteiger partial charge in [0.1, 0.15) is 17.5 Å². The molecule has 8 heteroatoms. The molecule has 8 nitrogen and oxygen atoms in total. The van der Waals surface area contributed by atoms with Crippen LogP contribution in [-0.4, -0.2) is 73.4 Å². The number of hydrogen-bond donors (Lipinski definition) is 1. The number of benzene rings is 1. The highest BCUT2D eigenvalue weighted by molar-refractivity contribution is 5.90. The van der Waals surface area contributed by atoms with E-state index in [9.17, 15) is 4.79 Å². The predicted molar refractivity (Wildman–Crippen MR) is 118 cm³/mol. The van der Waals surface area contributed by atoms with Gasteiger partial charge >= 0.3 is 6.03 Å². The van der Waals surface area contributed by atoms with E-state index in [0.29, 0.717) is 13.1 Å². The Balaban J connectivity index is 1.38. The second-order valence-electron chi connectivity index (χ2n) is 7.65. The fourth-order valence-electron chi connectivity index (χ4n) is 3.94. The van der Waals surface area contributed by atoms with Gasteiger partial charge in [0.05, 0.1) is 13.2 Å². The minimum atomic E-state index is -0.0385. The number of carbonyl (C=O) groups excluding carboxylic acids is 1. The van der Waals surface area contributed by atoms with Gasteiger partial charge in [-0.2, -0.15) is 0 Å². The van der Waals surface area contributed by atoms with Crippen LogP contribution in [0.4, 0.5) is 22.1 Å². The zero-order valence-electron chi connectivity index (χ0n) is 17.8. The Morgan fingerprint density at radius 3 is 2.30 bits per heavy atom. The van der Waals surface area contributed by atoms with Crippen molar-refractivity contribution < 1.29 is 9.53 Å². The molecule has 0 unspecified atom stereocenters. The maximum absolute atomic E-state index is 12.7. The predicted octanol–water partition coefficient (Wildman–Crippen LogP) is 2.54. The van der Waals surface area contributed by atoms with Crippen LogP contribution in [0.2, 0.25) is 0 Å². The molecule has 160 valence electrons. The van der Waals surface area contributed by atoms with E-state index in [0.717, 1.165) is 74.5 Å². The molecule has 1 N–H and O–H groups in total. The van der Waals surface area contributed by atoms with Gasteiger partial charge in [-0.3, -0.25) is 0 Å². The summed E-state index contributed by atoms with van der Waals surface area (Å²) in [6, 6.07) is 9.99. The number of aromatic nitrogens is 2. The summed E-state index contributed by atoms with van der Waals surface area (Å²) in [6.07, 6.45) is 0.892. The van der Waals surface area contributed by atoms with Gasteiger partial charge in [-0.25, -0.2) is 14.8 Å². The summed E-state index contributed by atoms with van der Waals surface area (Å²) >= 11 is 0. The first-order valence-electron chi connectivity index (χ1n) is 10.7. The normalized spacial score (nSPS) is 17.2. The Kier molecular flexibility index (Phi) is 6.32. The van der Waals surface area contributed by atoms with Crippen LogP contribution in [0, 0.1) is 6.92 Å². The summed E-state index contributed by atoms with van der Waals surface area (Å²) in [5.74, 6) is 2.66. The SMILES string of the molecule is CCc1ccccc1NC(=O)N1CCN(c2cc(N3CCOCC3)nc(C)n2)CC1. The molecule has 0 atom stereocenters. The maximum Gasteiger partial charge on any atom is 0.321 e. The average molecular weight is 411 g/mol. The van der Waals surface area contributed by atoms with Crippen LogP contribution < -0.4 is 15.1 Å². The molecular weight excluding hydrogens is 380 g/mol. The number of amides is 2. The van der Waals surface area contributed by atoms with Crippen molar-refractivity contribution in [2.24, 2.45) is 0 Å². The molecule has 30 heavy (non-hydrogen) atoms. The average Bonchev–Trinajstić information content (AvgIpc) is 2.79. The van der Waals surface area contributed by atoms with Gasteiger partial charge in [0, 0.05) is 51.0 Å².